The summed E-state index contributed by atoms with van der Waals surface area (Å²) in [4.78, 5) is 16.0. The van der Waals surface area contributed by atoms with Crippen molar-refractivity contribution >= 4 is 5.78 Å². The number of nitrogens with zero attached hydrogens (tertiary/aromatic N) is 1. The zero-order valence-electron chi connectivity index (χ0n) is 19.3. The van der Waals surface area contributed by atoms with Crippen LogP contribution in [0.1, 0.15) is 44.4 Å². The van der Waals surface area contributed by atoms with Gasteiger partial charge in [0.15, 0.2) is 5.78 Å². The van der Waals surface area contributed by atoms with E-state index in [0.29, 0.717) is 18.7 Å². The van der Waals surface area contributed by atoms with Gasteiger partial charge in [-0.05, 0) is 42.2 Å². The SMILES string of the molecule is Cc1cccc([C@H]2[C@@H](C(=O)c3ccccc3)CN(C(CO)CO)C[C@@H]2c2[c]cccc2)c1C. The minimum Gasteiger partial charge on any atom is -0.395 e. The molecule has 3 aromatic rings. The van der Waals surface area contributed by atoms with Crippen molar-refractivity contribution in [3.63, 3.8) is 0 Å². The molecule has 4 rings (SSSR count). The Hall–Kier alpha value is -2.79. The molecule has 0 bridgehead atoms. The highest BCUT2D eigenvalue weighted by atomic mass is 16.3. The van der Waals surface area contributed by atoms with E-state index in [1.807, 2.05) is 48.5 Å². The normalized spacial score (nSPS) is 21.3. The third-order valence-electron chi connectivity index (χ3n) is 7.20. The first kappa shape index (κ1) is 23.4. The number of Topliss-reactive ketones (excluding diaryl/α,β-unsaturated/α-hetero) is 1. The Kier molecular flexibility index (Phi) is 7.39. The van der Waals surface area contributed by atoms with Gasteiger partial charge in [-0.3, -0.25) is 9.69 Å². The number of hydrogen-bond donors (Lipinski definition) is 2. The maximum Gasteiger partial charge on any atom is 0.167 e. The fourth-order valence-corrected chi connectivity index (χ4v) is 5.23. The molecule has 3 aromatic carbocycles. The van der Waals surface area contributed by atoms with Crippen LogP contribution in [0.5, 0.6) is 0 Å². The summed E-state index contributed by atoms with van der Waals surface area (Å²) in [5.41, 5.74) is 5.35. The Morgan fingerprint density at radius 2 is 1.70 bits per heavy atom. The molecule has 0 aromatic heterocycles. The van der Waals surface area contributed by atoms with Crippen molar-refractivity contribution in [1.82, 2.24) is 4.90 Å². The van der Waals surface area contributed by atoms with E-state index in [2.05, 4.69) is 49.1 Å². The van der Waals surface area contributed by atoms with Crippen LogP contribution >= 0.6 is 0 Å². The highest BCUT2D eigenvalue weighted by Gasteiger charge is 2.44. The summed E-state index contributed by atoms with van der Waals surface area (Å²) in [6.07, 6.45) is 0. The van der Waals surface area contributed by atoms with Gasteiger partial charge < -0.3 is 10.2 Å². The van der Waals surface area contributed by atoms with Gasteiger partial charge in [-0.25, -0.2) is 0 Å². The second-order valence-electron chi connectivity index (χ2n) is 9.05. The van der Waals surface area contributed by atoms with Crippen molar-refractivity contribution in [3.8, 4) is 0 Å². The Balaban J connectivity index is 1.87. The molecular weight excluding hydrogens is 410 g/mol. The van der Waals surface area contributed by atoms with Crippen molar-refractivity contribution in [2.75, 3.05) is 26.3 Å². The number of carbonyl (C=O) groups excluding carboxylic acids is 1. The zero-order chi connectivity index (χ0) is 23.4. The number of piperidine rings is 1. The molecule has 0 aliphatic carbocycles. The van der Waals surface area contributed by atoms with Crippen LogP contribution in [0.3, 0.4) is 0 Å². The van der Waals surface area contributed by atoms with Crippen molar-refractivity contribution < 1.29 is 15.0 Å². The molecule has 4 nitrogen and oxygen atoms in total. The van der Waals surface area contributed by atoms with E-state index in [1.54, 1.807) is 0 Å². The number of aliphatic hydroxyl groups is 2. The third-order valence-corrected chi connectivity index (χ3v) is 7.20. The van der Waals surface area contributed by atoms with E-state index in [9.17, 15) is 15.0 Å². The molecule has 0 saturated carbocycles. The van der Waals surface area contributed by atoms with Crippen LogP contribution in [0.15, 0.2) is 72.8 Å². The quantitative estimate of drug-likeness (QED) is 0.540. The molecule has 1 fully saturated rings. The molecule has 1 heterocycles. The number of ketones is 1. The van der Waals surface area contributed by atoms with E-state index >= 15 is 0 Å². The summed E-state index contributed by atoms with van der Waals surface area (Å²) >= 11 is 0. The number of benzene rings is 3. The first-order valence-electron chi connectivity index (χ1n) is 11.6. The average molecular weight is 443 g/mol. The van der Waals surface area contributed by atoms with Gasteiger partial charge in [0.2, 0.25) is 0 Å². The first-order chi connectivity index (χ1) is 16.0. The highest BCUT2D eigenvalue weighted by molar-refractivity contribution is 5.98. The molecule has 1 radical (unpaired) electrons. The third kappa shape index (κ3) is 4.79. The lowest BCUT2D eigenvalue weighted by atomic mass is 9.67. The van der Waals surface area contributed by atoms with Gasteiger partial charge in [-0.1, -0.05) is 72.8 Å². The first-order valence-corrected chi connectivity index (χ1v) is 11.6. The van der Waals surface area contributed by atoms with Crippen LogP contribution in [-0.2, 0) is 0 Å². The van der Waals surface area contributed by atoms with Crippen LogP contribution in [0.4, 0.5) is 0 Å². The van der Waals surface area contributed by atoms with Gasteiger partial charge in [0.05, 0.1) is 19.3 Å². The molecule has 2 N–H and O–H groups in total. The topological polar surface area (TPSA) is 60.8 Å². The molecular formula is C29H32NO3. The standard InChI is InChI=1S/C29H32NO3/c1-20-10-9-15-25(21(20)2)28-26(22-11-5-3-6-12-22)16-30(24(18-31)19-32)17-27(28)29(33)23-13-7-4-8-14-23/h3-11,13-15,24,26-28,31-32H,16-19H2,1-2H3/t26-,27+,28-/m1/s1. The fraction of sp³-hybridized carbons (Fsp3) is 0.345. The van der Waals surface area contributed by atoms with E-state index in [0.717, 1.165) is 5.56 Å². The fourth-order valence-electron chi connectivity index (χ4n) is 5.23. The van der Waals surface area contributed by atoms with Gasteiger partial charge >= 0.3 is 0 Å². The van der Waals surface area contributed by atoms with Crippen LogP contribution < -0.4 is 0 Å². The van der Waals surface area contributed by atoms with Crippen LogP contribution in [0, 0.1) is 25.8 Å². The summed E-state index contributed by atoms with van der Waals surface area (Å²) in [5, 5.41) is 19.9. The molecule has 1 aliphatic rings. The van der Waals surface area contributed by atoms with Gasteiger partial charge in [-0.15, -0.1) is 0 Å². The van der Waals surface area contributed by atoms with E-state index in [-0.39, 0.29) is 36.8 Å². The van der Waals surface area contributed by atoms with Gasteiger partial charge in [0.1, 0.15) is 0 Å². The largest absolute Gasteiger partial charge is 0.395 e. The Bertz CT molecular complexity index is 1060. The molecule has 3 atom stereocenters. The summed E-state index contributed by atoms with van der Waals surface area (Å²) in [6, 6.07) is 26.7. The van der Waals surface area contributed by atoms with E-state index < -0.39 is 6.04 Å². The van der Waals surface area contributed by atoms with E-state index in [4.69, 9.17) is 0 Å². The van der Waals surface area contributed by atoms with E-state index in [1.165, 1.54) is 16.7 Å². The Morgan fingerprint density at radius 1 is 0.970 bits per heavy atom. The van der Waals surface area contributed by atoms with Gasteiger partial charge in [-0.2, -0.15) is 0 Å². The van der Waals surface area contributed by atoms with Crippen LogP contribution in [-0.4, -0.2) is 53.2 Å². The number of carbonyl (C=O) groups is 1. The van der Waals surface area contributed by atoms with Crippen molar-refractivity contribution in [1.29, 1.82) is 0 Å². The van der Waals surface area contributed by atoms with Gasteiger partial charge in [0.25, 0.3) is 0 Å². The zero-order valence-corrected chi connectivity index (χ0v) is 19.3. The molecule has 0 spiro atoms. The molecule has 33 heavy (non-hydrogen) atoms. The molecule has 4 heteroatoms. The van der Waals surface area contributed by atoms with Gasteiger partial charge in [0, 0.05) is 36.4 Å². The van der Waals surface area contributed by atoms with Crippen LogP contribution in [0.2, 0.25) is 0 Å². The summed E-state index contributed by atoms with van der Waals surface area (Å²) < 4.78 is 0. The number of aliphatic hydroxyl groups excluding tert-OH is 2. The highest BCUT2D eigenvalue weighted by Crippen LogP contribution is 2.46. The summed E-state index contributed by atoms with van der Waals surface area (Å²) in [5.74, 6) is -0.258. The lowest BCUT2D eigenvalue weighted by Gasteiger charge is -2.46. The molecule has 1 aliphatic heterocycles. The minimum atomic E-state index is -0.401. The van der Waals surface area contributed by atoms with Crippen molar-refractivity contribution in [3.05, 3.63) is 107 Å². The predicted octanol–water partition coefficient (Wildman–Crippen LogP) is 4.14. The van der Waals surface area contributed by atoms with Crippen molar-refractivity contribution in [2.24, 2.45) is 5.92 Å². The van der Waals surface area contributed by atoms with Crippen LogP contribution in [0.25, 0.3) is 0 Å². The van der Waals surface area contributed by atoms with Crippen molar-refractivity contribution in [2.45, 2.75) is 31.7 Å². The molecule has 1 saturated heterocycles. The maximum absolute atomic E-state index is 13.9. The number of hydrogen-bond acceptors (Lipinski definition) is 4. The number of likely N-dealkylation sites (tertiary alicyclic amines) is 1. The minimum absolute atomic E-state index is 0.00119. The molecule has 0 amide bonds. The second kappa shape index (κ2) is 10.4. The molecule has 171 valence electrons. The summed E-state index contributed by atoms with van der Waals surface area (Å²) in [7, 11) is 0. The lowest BCUT2D eigenvalue weighted by Crippen LogP contribution is -2.53. The number of rotatable bonds is 7. The lowest BCUT2D eigenvalue weighted by molar-refractivity contribution is 0.0272. The smallest absolute Gasteiger partial charge is 0.167 e. The Morgan fingerprint density at radius 3 is 2.36 bits per heavy atom. The monoisotopic (exact) mass is 442 g/mol. The summed E-state index contributed by atoms with van der Waals surface area (Å²) in [6.45, 7) is 5.07. The number of aryl methyl sites for hydroxylation is 1. The average Bonchev–Trinajstić information content (AvgIpc) is 2.87. The predicted molar refractivity (Wildman–Crippen MR) is 130 cm³/mol. The Labute approximate surface area is 196 Å². The second-order valence-corrected chi connectivity index (χ2v) is 9.05. The maximum atomic E-state index is 13.9. The molecule has 0 unspecified atom stereocenters.